The fraction of sp³-hybridized carbons (Fsp3) is 0.444. The molecule has 2 fully saturated rings. The number of benzene rings is 3. The number of nitrogens with zero attached hydrogens (tertiary/aromatic N) is 1. The third-order valence-electron chi connectivity index (χ3n) is 8.14. The lowest BCUT2D eigenvalue weighted by Gasteiger charge is -2.20. The number of anilines is 1. The van der Waals surface area contributed by atoms with Crippen LogP contribution in [0.1, 0.15) is 51.2 Å². The molecule has 43 heavy (non-hydrogen) atoms. The Bertz CT molecular complexity index is 1340. The fourth-order valence-electron chi connectivity index (χ4n) is 6.23. The standard InChI is InChI=1S/C36H44N2O5/c1-36(2,3)43-34(39)18-20-41-19-17-26-13-15-27(16-14-26)23-38-24-29-21-31(22-30(29)25-38)42-35(40)37-33-12-8-7-11-32(33)28-9-5-4-6-10-28/h4-16,29-31H,17-25H2,1-3H3,(H,37,40)/t29-,30+,31?. The van der Waals surface area contributed by atoms with E-state index in [9.17, 15) is 9.59 Å². The van der Waals surface area contributed by atoms with Crippen molar-refractivity contribution in [2.75, 3.05) is 31.6 Å². The molecule has 3 atom stereocenters. The Hall–Kier alpha value is -3.68. The van der Waals surface area contributed by atoms with Gasteiger partial charge in [-0.2, -0.15) is 0 Å². The maximum absolute atomic E-state index is 12.8. The molecule has 3 aromatic rings. The van der Waals surface area contributed by atoms with Crippen LogP contribution in [-0.2, 0) is 32.0 Å². The maximum atomic E-state index is 12.8. The van der Waals surface area contributed by atoms with E-state index in [2.05, 4.69) is 34.5 Å². The van der Waals surface area contributed by atoms with Crippen molar-refractivity contribution in [1.29, 1.82) is 0 Å². The molecule has 1 heterocycles. The fourth-order valence-corrected chi connectivity index (χ4v) is 6.23. The van der Waals surface area contributed by atoms with E-state index < -0.39 is 5.60 Å². The van der Waals surface area contributed by atoms with E-state index in [-0.39, 0.29) is 24.6 Å². The monoisotopic (exact) mass is 584 g/mol. The number of rotatable bonds is 11. The summed E-state index contributed by atoms with van der Waals surface area (Å²) in [5.74, 6) is 0.898. The molecule has 0 bridgehead atoms. The first-order chi connectivity index (χ1) is 20.7. The summed E-state index contributed by atoms with van der Waals surface area (Å²) in [5, 5.41) is 2.98. The number of fused-ring (bicyclic) bond motifs is 1. The van der Waals surface area contributed by atoms with Gasteiger partial charge < -0.3 is 14.2 Å². The first-order valence-electron chi connectivity index (χ1n) is 15.4. The number of nitrogens with one attached hydrogen (secondary N) is 1. The Kier molecular flexibility index (Phi) is 10.2. The van der Waals surface area contributed by atoms with Crippen LogP contribution in [0.2, 0.25) is 0 Å². The summed E-state index contributed by atoms with van der Waals surface area (Å²) < 4.78 is 16.8. The molecule has 7 nitrogen and oxygen atoms in total. The number of ether oxygens (including phenoxy) is 3. The molecule has 1 saturated carbocycles. The molecule has 7 heteroatoms. The molecule has 1 N–H and O–H groups in total. The summed E-state index contributed by atoms with van der Waals surface area (Å²) in [4.78, 5) is 27.1. The van der Waals surface area contributed by atoms with Crippen LogP contribution in [0.5, 0.6) is 0 Å². The van der Waals surface area contributed by atoms with E-state index in [1.807, 2.05) is 75.4 Å². The van der Waals surface area contributed by atoms with Gasteiger partial charge in [-0.1, -0.05) is 72.8 Å². The zero-order valence-electron chi connectivity index (χ0n) is 25.6. The van der Waals surface area contributed by atoms with Crippen molar-refractivity contribution in [1.82, 2.24) is 4.90 Å². The van der Waals surface area contributed by atoms with E-state index in [1.54, 1.807) is 0 Å². The van der Waals surface area contributed by atoms with Gasteiger partial charge in [-0.15, -0.1) is 0 Å². The molecule has 3 aromatic carbocycles. The highest BCUT2D eigenvalue weighted by Gasteiger charge is 2.42. The second-order valence-electron chi connectivity index (χ2n) is 12.8. The van der Waals surface area contributed by atoms with Gasteiger partial charge in [-0.05, 0) is 74.6 Å². The number of para-hydroxylation sites is 1. The number of carbonyl (C=O) groups excluding carboxylic acids is 2. The Balaban J connectivity index is 1.00. The van der Waals surface area contributed by atoms with Crippen LogP contribution >= 0.6 is 0 Å². The third-order valence-corrected chi connectivity index (χ3v) is 8.14. The van der Waals surface area contributed by atoms with Gasteiger partial charge in [0.25, 0.3) is 0 Å². The summed E-state index contributed by atoms with van der Waals surface area (Å²) in [7, 11) is 0. The zero-order chi connectivity index (χ0) is 30.2. The van der Waals surface area contributed by atoms with E-state index in [0.717, 1.165) is 55.7 Å². The summed E-state index contributed by atoms with van der Waals surface area (Å²) in [6, 6.07) is 26.6. The van der Waals surface area contributed by atoms with Crippen molar-refractivity contribution < 1.29 is 23.8 Å². The minimum atomic E-state index is -0.460. The molecule has 1 aliphatic carbocycles. The molecule has 228 valence electrons. The number of hydrogen-bond donors (Lipinski definition) is 1. The van der Waals surface area contributed by atoms with Crippen molar-refractivity contribution >= 4 is 17.7 Å². The molecule has 1 unspecified atom stereocenters. The summed E-state index contributed by atoms with van der Waals surface area (Å²) in [5.41, 5.74) is 4.88. The van der Waals surface area contributed by atoms with Crippen molar-refractivity contribution in [2.45, 2.75) is 64.7 Å². The lowest BCUT2D eigenvalue weighted by Crippen LogP contribution is -2.25. The number of esters is 1. The maximum Gasteiger partial charge on any atom is 0.411 e. The van der Waals surface area contributed by atoms with E-state index in [4.69, 9.17) is 14.2 Å². The van der Waals surface area contributed by atoms with Gasteiger partial charge in [0.1, 0.15) is 11.7 Å². The largest absolute Gasteiger partial charge is 0.460 e. The molecule has 1 amide bonds. The molecular formula is C36H44N2O5. The molecular weight excluding hydrogens is 540 g/mol. The zero-order valence-corrected chi connectivity index (χ0v) is 25.6. The molecule has 0 spiro atoms. The smallest absolute Gasteiger partial charge is 0.411 e. The van der Waals surface area contributed by atoms with Crippen molar-refractivity contribution in [2.24, 2.45) is 11.8 Å². The van der Waals surface area contributed by atoms with Crippen LogP contribution in [0.4, 0.5) is 10.5 Å². The molecule has 5 rings (SSSR count). The third kappa shape index (κ3) is 9.15. The van der Waals surface area contributed by atoms with Gasteiger partial charge in [0.05, 0.1) is 25.3 Å². The normalized spacial score (nSPS) is 20.0. The second-order valence-corrected chi connectivity index (χ2v) is 12.8. The van der Waals surface area contributed by atoms with Gasteiger partial charge >= 0.3 is 12.1 Å². The lowest BCUT2D eigenvalue weighted by atomic mass is 10.0. The number of amides is 1. The van der Waals surface area contributed by atoms with Gasteiger partial charge in [0.15, 0.2) is 0 Å². The average Bonchev–Trinajstić information content (AvgIpc) is 3.51. The van der Waals surface area contributed by atoms with Crippen molar-refractivity contribution in [3.8, 4) is 11.1 Å². The SMILES string of the molecule is CC(C)(C)OC(=O)CCOCCc1ccc(CN2C[C@H]3CC(OC(=O)Nc4ccccc4-c4ccccc4)C[C@H]3C2)cc1. The highest BCUT2D eigenvalue weighted by atomic mass is 16.6. The Morgan fingerprint density at radius 1 is 0.837 bits per heavy atom. The highest BCUT2D eigenvalue weighted by Crippen LogP contribution is 2.40. The summed E-state index contributed by atoms with van der Waals surface area (Å²) in [6.45, 7) is 9.57. The number of hydrogen-bond acceptors (Lipinski definition) is 6. The average molecular weight is 585 g/mol. The quantitative estimate of drug-likeness (QED) is 0.191. The summed E-state index contributed by atoms with van der Waals surface area (Å²) >= 11 is 0. The van der Waals surface area contributed by atoms with E-state index in [1.165, 1.54) is 11.1 Å². The van der Waals surface area contributed by atoms with Crippen LogP contribution in [-0.4, -0.2) is 55.0 Å². The minimum absolute atomic E-state index is 0.0355. The van der Waals surface area contributed by atoms with Gasteiger partial charge in [-0.3, -0.25) is 15.0 Å². The molecule has 2 aliphatic rings. The second kappa shape index (κ2) is 14.2. The molecule has 0 radical (unpaired) electrons. The first-order valence-corrected chi connectivity index (χ1v) is 15.4. The highest BCUT2D eigenvalue weighted by molar-refractivity contribution is 5.91. The van der Waals surface area contributed by atoms with Gasteiger partial charge in [0, 0.05) is 25.2 Å². The minimum Gasteiger partial charge on any atom is -0.460 e. The lowest BCUT2D eigenvalue weighted by molar-refractivity contribution is -0.156. The number of carbonyl (C=O) groups is 2. The Morgan fingerprint density at radius 3 is 2.19 bits per heavy atom. The van der Waals surface area contributed by atoms with Crippen LogP contribution in [0.3, 0.4) is 0 Å². The van der Waals surface area contributed by atoms with Crippen LogP contribution in [0, 0.1) is 11.8 Å². The van der Waals surface area contributed by atoms with Gasteiger partial charge in [0.2, 0.25) is 0 Å². The Labute approximate surface area is 255 Å². The predicted molar refractivity (Wildman–Crippen MR) is 169 cm³/mol. The molecule has 1 aliphatic heterocycles. The number of likely N-dealkylation sites (tertiary alicyclic amines) is 1. The first kappa shape index (κ1) is 30.8. The molecule has 0 aromatic heterocycles. The topological polar surface area (TPSA) is 77.1 Å². The molecule has 1 saturated heterocycles. The van der Waals surface area contributed by atoms with Crippen molar-refractivity contribution in [3.05, 3.63) is 90.0 Å². The van der Waals surface area contributed by atoms with Crippen LogP contribution < -0.4 is 5.32 Å². The predicted octanol–water partition coefficient (Wildman–Crippen LogP) is 7.10. The van der Waals surface area contributed by atoms with E-state index in [0.29, 0.717) is 25.0 Å². The Morgan fingerprint density at radius 2 is 1.49 bits per heavy atom. The van der Waals surface area contributed by atoms with Crippen LogP contribution in [0.15, 0.2) is 78.9 Å². The summed E-state index contributed by atoms with van der Waals surface area (Å²) in [6.07, 6.45) is 2.52. The van der Waals surface area contributed by atoms with E-state index >= 15 is 0 Å². The van der Waals surface area contributed by atoms with Crippen molar-refractivity contribution in [3.63, 3.8) is 0 Å². The van der Waals surface area contributed by atoms with Crippen LogP contribution in [0.25, 0.3) is 11.1 Å². The van der Waals surface area contributed by atoms with Gasteiger partial charge in [-0.25, -0.2) is 4.79 Å².